The van der Waals surface area contributed by atoms with E-state index in [0.29, 0.717) is 130 Å². The third kappa shape index (κ3) is 25.1. The number of amides is 3. The van der Waals surface area contributed by atoms with Gasteiger partial charge >= 0.3 is 16.1 Å². The number of halogens is 4. The van der Waals surface area contributed by atoms with E-state index in [9.17, 15) is 45.2 Å². The summed E-state index contributed by atoms with van der Waals surface area (Å²) in [6.07, 6.45) is 3.15. The summed E-state index contributed by atoms with van der Waals surface area (Å²) in [5.41, 5.74) is 7.45. The zero-order valence-electron chi connectivity index (χ0n) is 45.0. The lowest BCUT2D eigenvalue weighted by Gasteiger charge is -2.39. The molecule has 80 heavy (non-hydrogen) atoms. The van der Waals surface area contributed by atoms with Crippen LogP contribution in [0, 0.1) is 29.2 Å². The molecule has 0 radical (unpaired) electrons. The molecule has 0 aliphatic carbocycles. The lowest BCUT2D eigenvalue weighted by Crippen LogP contribution is -2.53. The van der Waals surface area contributed by atoms with E-state index in [-0.39, 0.29) is 82.7 Å². The Morgan fingerprint density at radius 3 is 1.60 bits per heavy atom. The second-order valence-electron chi connectivity index (χ2n) is 17.4. The Morgan fingerprint density at radius 2 is 1.16 bits per heavy atom. The molecule has 0 unspecified atom stereocenters. The topological polar surface area (TPSA) is 290 Å². The summed E-state index contributed by atoms with van der Waals surface area (Å²) in [6.45, 7) is 11.4. The second-order valence-corrected chi connectivity index (χ2v) is 19.9. The summed E-state index contributed by atoms with van der Waals surface area (Å²) in [6, 6.07) is 1.99. The van der Waals surface area contributed by atoms with E-state index in [2.05, 4.69) is 15.0 Å². The Balaban J connectivity index is 0.832. The van der Waals surface area contributed by atoms with Crippen LogP contribution in [0.15, 0.2) is 21.5 Å². The largest absolute Gasteiger partial charge is 0.420 e. The van der Waals surface area contributed by atoms with Gasteiger partial charge < -0.3 is 68.1 Å². The summed E-state index contributed by atoms with van der Waals surface area (Å²) in [5, 5.41) is 4.05. The minimum absolute atomic E-state index is 0.0147. The van der Waals surface area contributed by atoms with Crippen molar-refractivity contribution in [3.05, 3.63) is 44.7 Å². The Bertz CT molecular complexity index is 2380. The highest BCUT2D eigenvalue weighted by Crippen LogP contribution is 2.37. The van der Waals surface area contributed by atoms with E-state index >= 15 is 0 Å². The molecule has 30 heteroatoms. The Morgan fingerprint density at radius 1 is 0.713 bits per heavy atom. The summed E-state index contributed by atoms with van der Waals surface area (Å²) >= 11 is 1.56. The fourth-order valence-corrected chi connectivity index (χ4v) is 9.07. The van der Waals surface area contributed by atoms with E-state index in [4.69, 9.17) is 62.5 Å². The number of amidine groups is 1. The first-order chi connectivity index (χ1) is 38.5. The summed E-state index contributed by atoms with van der Waals surface area (Å²) in [4.78, 5) is 61.5. The van der Waals surface area contributed by atoms with Gasteiger partial charge in [-0.2, -0.15) is 17.2 Å². The Kier molecular flexibility index (Phi) is 32.2. The number of nitrogens with zero attached hydrogens (tertiary/aromatic N) is 3. The SMILES string of the molecule is CCCN(OCC)C(=O)C1=Cc2sc(CC3CN(C(=O)CNC(=O)CCOCCOCCOCCOCCOCCOCCOCCOCCOCCOCCC(=O)Oc4c(F)c(F)c(S(=O)(=O)O)c(F)c4F)C3)cc2N=C(N)C1. The second kappa shape index (κ2) is 38.1. The lowest BCUT2D eigenvalue weighted by molar-refractivity contribution is -0.180. The van der Waals surface area contributed by atoms with Crippen LogP contribution in [0.25, 0.3) is 6.08 Å². The molecule has 0 saturated carbocycles. The zero-order chi connectivity index (χ0) is 58.1. The van der Waals surface area contributed by atoms with Gasteiger partial charge in [-0.1, -0.05) is 6.92 Å². The molecule has 1 aromatic carbocycles. The number of ether oxygens (including phenoxy) is 11. The van der Waals surface area contributed by atoms with Crippen molar-refractivity contribution >= 4 is 62.7 Å². The maximum Gasteiger partial charge on any atom is 0.313 e. The first-order valence-electron chi connectivity index (χ1n) is 26.0. The van der Waals surface area contributed by atoms with Crippen LogP contribution in [0.4, 0.5) is 23.2 Å². The highest BCUT2D eigenvalue weighted by atomic mass is 32.2. The number of hydroxylamine groups is 2. The van der Waals surface area contributed by atoms with E-state index in [1.165, 1.54) is 5.06 Å². The zero-order valence-corrected chi connectivity index (χ0v) is 46.6. The van der Waals surface area contributed by atoms with Crippen LogP contribution in [0.5, 0.6) is 5.75 Å². The number of rotatable bonds is 44. The average Bonchev–Trinajstić information content (AvgIpc) is 3.73. The number of esters is 1. The number of likely N-dealkylation sites (tertiary alicyclic amines) is 1. The van der Waals surface area contributed by atoms with Crippen molar-refractivity contribution in [2.75, 3.05) is 165 Å². The van der Waals surface area contributed by atoms with E-state index < -0.39 is 56.4 Å². The van der Waals surface area contributed by atoms with Crippen molar-refractivity contribution in [1.82, 2.24) is 15.3 Å². The van der Waals surface area contributed by atoms with Gasteiger partial charge in [-0.3, -0.25) is 28.6 Å². The number of thiophene rings is 1. The van der Waals surface area contributed by atoms with E-state index in [0.717, 1.165) is 28.3 Å². The van der Waals surface area contributed by atoms with Gasteiger partial charge in [-0.25, -0.2) is 18.8 Å². The van der Waals surface area contributed by atoms with E-state index in [1.807, 2.05) is 26.0 Å². The molecule has 0 spiro atoms. The monoisotopic (exact) mass is 1190 g/mol. The maximum atomic E-state index is 14.0. The molecule has 1 saturated heterocycles. The molecule has 3 amide bonds. The third-order valence-corrected chi connectivity index (χ3v) is 13.1. The maximum absolute atomic E-state index is 14.0. The smallest absolute Gasteiger partial charge is 0.313 e. The lowest BCUT2D eigenvalue weighted by atomic mass is 9.95. The fraction of sp³-hybridized carbons (Fsp3) is 0.660. The summed E-state index contributed by atoms with van der Waals surface area (Å²) in [5.74, 6) is -12.7. The number of hydrogen-bond acceptors (Lipinski definition) is 21. The molecule has 2 aromatic rings. The van der Waals surface area contributed by atoms with E-state index in [1.54, 1.807) is 16.2 Å². The number of fused-ring (bicyclic) bond motifs is 1. The van der Waals surface area contributed by atoms with Gasteiger partial charge in [0, 0.05) is 42.9 Å². The molecule has 0 atom stereocenters. The van der Waals surface area contributed by atoms with Crippen LogP contribution >= 0.6 is 11.3 Å². The number of aliphatic imine (C=N–C) groups is 1. The van der Waals surface area contributed by atoms with Crippen LogP contribution in [-0.2, 0) is 87.9 Å². The van der Waals surface area contributed by atoms with Crippen molar-refractivity contribution in [2.45, 2.75) is 50.8 Å². The fourth-order valence-electron chi connectivity index (χ4n) is 7.25. The number of carbonyl (C=O) groups is 4. The van der Waals surface area contributed by atoms with Crippen LogP contribution in [-0.4, -0.2) is 217 Å². The predicted molar refractivity (Wildman–Crippen MR) is 278 cm³/mol. The molecular formula is C50H73F4N5O19S2. The number of nitrogens with one attached hydrogen (secondary N) is 1. The normalized spacial score (nSPS) is 13.6. The van der Waals surface area contributed by atoms with Gasteiger partial charge in [-0.05, 0) is 37.8 Å². The van der Waals surface area contributed by atoms with Gasteiger partial charge in [0.05, 0.1) is 162 Å². The molecular weight excluding hydrogens is 1110 g/mol. The van der Waals surface area contributed by atoms with Gasteiger partial charge in [-0.15, -0.1) is 11.3 Å². The van der Waals surface area contributed by atoms with Crippen LogP contribution in [0.3, 0.4) is 0 Å². The minimum Gasteiger partial charge on any atom is -0.420 e. The van der Waals surface area contributed by atoms with Crippen molar-refractivity contribution < 1.29 is 107 Å². The number of nitrogens with two attached hydrogens (primary N) is 1. The molecule has 2 aliphatic rings. The molecule has 3 heterocycles. The summed E-state index contributed by atoms with van der Waals surface area (Å²) in [7, 11) is -5.65. The van der Waals surface area contributed by atoms with Gasteiger partial charge in [0.25, 0.3) is 5.91 Å². The molecule has 0 bridgehead atoms. The average molecular weight is 1190 g/mol. The molecule has 4 rings (SSSR count). The summed E-state index contributed by atoms with van der Waals surface area (Å²) < 4.78 is 145. The molecule has 452 valence electrons. The first kappa shape index (κ1) is 67.7. The molecule has 1 fully saturated rings. The predicted octanol–water partition coefficient (Wildman–Crippen LogP) is 3.19. The van der Waals surface area contributed by atoms with Gasteiger partial charge in [0.15, 0.2) is 16.5 Å². The third-order valence-electron chi connectivity index (χ3n) is 11.1. The van der Waals surface area contributed by atoms with Crippen LogP contribution in [0.1, 0.15) is 49.3 Å². The van der Waals surface area contributed by atoms with Crippen LogP contribution < -0.4 is 15.8 Å². The minimum atomic E-state index is -5.65. The quantitative estimate of drug-likeness (QED) is 0.0163. The first-order valence-corrected chi connectivity index (χ1v) is 28.3. The molecule has 24 nitrogen and oxygen atoms in total. The standard InChI is InChI=1S/C50H73F4N5O19S2/c1-3-7-59(77-4-2)50(63)36-29-39-38(57-40(55)30-36)31-37(79-39)28-35-33-58(34-35)42(61)32-56-41(60)5-8-67-10-12-69-14-16-71-18-20-73-22-24-75-26-27-76-25-23-74-21-19-72-17-15-70-13-11-68-9-6-43(62)78-48-44(51)46(53)49(80(64,65)66)47(54)45(48)52/h29,31,35H,3-28,30,32-34H2,1-2H3,(H2,55,57)(H,56,60)(H,64,65,66). The number of benzene rings is 1. The van der Waals surface area contributed by atoms with Gasteiger partial charge in [0.1, 0.15) is 5.84 Å². The highest BCUT2D eigenvalue weighted by Gasteiger charge is 2.35. The van der Waals surface area contributed by atoms with Crippen molar-refractivity contribution in [3.63, 3.8) is 0 Å². The highest BCUT2D eigenvalue weighted by molar-refractivity contribution is 7.85. The van der Waals surface area contributed by atoms with Crippen molar-refractivity contribution in [2.24, 2.45) is 16.6 Å². The van der Waals surface area contributed by atoms with Gasteiger partial charge in [0.2, 0.25) is 29.2 Å². The number of carbonyl (C=O) groups excluding carboxylic acids is 4. The molecule has 1 aromatic heterocycles. The molecule has 2 aliphatic heterocycles. The van der Waals surface area contributed by atoms with Crippen molar-refractivity contribution in [1.29, 1.82) is 0 Å². The van der Waals surface area contributed by atoms with Crippen molar-refractivity contribution in [3.8, 4) is 5.75 Å². The number of hydrogen-bond donors (Lipinski definition) is 3. The molecule has 4 N–H and O–H groups in total. The Hall–Kier alpha value is -4.80. The van der Waals surface area contributed by atoms with Crippen LogP contribution in [0.2, 0.25) is 0 Å². The Labute approximate surface area is 466 Å².